The zero-order valence-corrected chi connectivity index (χ0v) is 18.3. The second-order valence-corrected chi connectivity index (χ2v) is 7.89. The van der Waals surface area contributed by atoms with Crippen molar-refractivity contribution in [1.29, 1.82) is 0 Å². The van der Waals surface area contributed by atoms with Gasteiger partial charge in [0.2, 0.25) is 11.8 Å². The highest BCUT2D eigenvalue weighted by Crippen LogP contribution is 2.18. The Hall–Kier alpha value is -2.82. The maximum absolute atomic E-state index is 13.2. The number of hydrogen-bond donors (Lipinski definition) is 1. The number of carbonyl (C=O) groups is 2. The molecular formula is C24H32N2O3. The Morgan fingerprint density at radius 1 is 1.00 bits per heavy atom. The van der Waals surface area contributed by atoms with E-state index in [2.05, 4.69) is 11.4 Å². The van der Waals surface area contributed by atoms with Gasteiger partial charge in [0.05, 0.1) is 13.5 Å². The normalized spacial score (nSPS) is 11.8. The molecule has 0 heterocycles. The van der Waals surface area contributed by atoms with Gasteiger partial charge in [-0.15, -0.1) is 0 Å². The predicted octanol–water partition coefficient (Wildman–Crippen LogP) is 3.80. The van der Waals surface area contributed by atoms with Crippen molar-refractivity contribution in [3.63, 3.8) is 0 Å². The van der Waals surface area contributed by atoms with Crippen molar-refractivity contribution >= 4 is 11.8 Å². The lowest BCUT2D eigenvalue weighted by Crippen LogP contribution is -2.49. The van der Waals surface area contributed by atoms with E-state index < -0.39 is 6.04 Å². The molecule has 29 heavy (non-hydrogen) atoms. The summed E-state index contributed by atoms with van der Waals surface area (Å²) in [4.78, 5) is 27.5. The first-order valence-corrected chi connectivity index (χ1v) is 9.99. The molecule has 0 aliphatic carbocycles. The second-order valence-electron chi connectivity index (χ2n) is 7.89. The third-order valence-electron chi connectivity index (χ3n) is 4.72. The van der Waals surface area contributed by atoms with E-state index in [0.717, 1.165) is 28.0 Å². The monoisotopic (exact) mass is 396 g/mol. The van der Waals surface area contributed by atoms with Crippen LogP contribution in [-0.4, -0.2) is 35.9 Å². The Kier molecular flexibility index (Phi) is 7.82. The molecule has 0 fully saturated rings. The number of rotatable bonds is 8. The molecule has 0 aliphatic rings. The molecule has 5 heteroatoms. The summed E-state index contributed by atoms with van der Waals surface area (Å²) >= 11 is 0. The molecule has 1 N–H and O–H groups in total. The van der Waals surface area contributed by atoms with Crippen LogP contribution in [0.1, 0.15) is 43.0 Å². The van der Waals surface area contributed by atoms with Crippen LogP contribution in [0.2, 0.25) is 0 Å². The smallest absolute Gasteiger partial charge is 0.242 e. The van der Waals surface area contributed by atoms with Gasteiger partial charge in [0.15, 0.2) is 0 Å². The van der Waals surface area contributed by atoms with Gasteiger partial charge in [-0.05, 0) is 57.9 Å². The average molecular weight is 397 g/mol. The average Bonchev–Trinajstić information content (AvgIpc) is 2.64. The number of nitrogens with zero attached hydrogens (tertiary/aromatic N) is 1. The summed E-state index contributed by atoms with van der Waals surface area (Å²) in [5.74, 6) is 0.490. The number of amides is 2. The summed E-state index contributed by atoms with van der Waals surface area (Å²) in [6, 6.07) is 13.1. The molecule has 0 bridgehead atoms. The number of methoxy groups -OCH3 is 1. The molecule has 2 aromatic carbocycles. The van der Waals surface area contributed by atoms with Gasteiger partial charge in [-0.25, -0.2) is 0 Å². The van der Waals surface area contributed by atoms with E-state index in [1.54, 1.807) is 18.9 Å². The second kappa shape index (κ2) is 10.1. The summed E-state index contributed by atoms with van der Waals surface area (Å²) in [7, 11) is 1.61. The van der Waals surface area contributed by atoms with Crippen molar-refractivity contribution in [2.45, 2.75) is 59.7 Å². The minimum Gasteiger partial charge on any atom is -0.497 e. The molecule has 0 spiro atoms. The molecule has 0 saturated carbocycles. The molecule has 2 rings (SSSR count). The maximum atomic E-state index is 13.2. The number of ether oxygens (including phenoxy) is 1. The minimum atomic E-state index is -0.581. The molecule has 0 aliphatic heterocycles. The number of hydrogen-bond acceptors (Lipinski definition) is 3. The molecule has 0 radical (unpaired) electrons. The van der Waals surface area contributed by atoms with Crippen molar-refractivity contribution in [1.82, 2.24) is 10.2 Å². The Morgan fingerprint density at radius 2 is 1.66 bits per heavy atom. The van der Waals surface area contributed by atoms with E-state index in [4.69, 9.17) is 4.74 Å². The Labute approximate surface area is 174 Å². The van der Waals surface area contributed by atoms with E-state index in [1.165, 1.54) is 0 Å². The summed E-state index contributed by atoms with van der Waals surface area (Å²) in [6.45, 7) is 9.98. The number of aryl methyl sites for hydroxylation is 2. The van der Waals surface area contributed by atoms with Gasteiger partial charge < -0.3 is 15.0 Å². The van der Waals surface area contributed by atoms with Crippen LogP contribution in [0.15, 0.2) is 42.5 Å². The molecule has 0 unspecified atom stereocenters. The van der Waals surface area contributed by atoms with E-state index in [9.17, 15) is 9.59 Å². The van der Waals surface area contributed by atoms with Crippen molar-refractivity contribution in [2.24, 2.45) is 0 Å². The van der Waals surface area contributed by atoms with Crippen LogP contribution in [0, 0.1) is 13.8 Å². The third kappa shape index (κ3) is 6.63. The van der Waals surface area contributed by atoms with E-state index in [1.807, 2.05) is 64.1 Å². The maximum Gasteiger partial charge on any atom is 0.242 e. The summed E-state index contributed by atoms with van der Waals surface area (Å²) in [5, 5.41) is 2.91. The van der Waals surface area contributed by atoms with Gasteiger partial charge in [0.1, 0.15) is 11.8 Å². The van der Waals surface area contributed by atoms with Crippen LogP contribution in [0.3, 0.4) is 0 Å². The summed E-state index contributed by atoms with van der Waals surface area (Å²) in [5.41, 5.74) is 4.12. The minimum absolute atomic E-state index is 0.0122. The van der Waals surface area contributed by atoms with Crippen LogP contribution >= 0.6 is 0 Å². The molecule has 0 saturated heterocycles. The molecule has 5 nitrogen and oxygen atoms in total. The SMILES string of the molecule is COc1cccc(CN(C(=O)Cc2cc(C)cc(C)c2)[C@@H](C)C(=O)NC(C)C)c1. The van der Waals surface area contributed by atoms with E-state index >= 15 is 0 Å². The first-order valence-electron chi connectivity index (χ1n) is 9.99. The van der Waals surface area contributed by atoms with E-state index in [0.29, 0.717) is 6.54 Å². The van der Waals surface area contributed by atoms with Crippen LogP contribution in [0.5, 0.6) is 5.75 Å². The number of benzene rings is 2. The standard InChI is InChI=1S/C24H32N2O3/c1-16(2)25-24(28)19(5)26(15-20-8-7-9-22(13-20)29-6)23(27)14-21-11-17(3)10-18(4)12-21/h7-13,16,19H,14-15H2,1-6H3,(H,25,28)/t19-/m0/s1. The molecule has 2 aromatic rings. The quantitative estimate of drug-likeness (QED) is 0.738. The summed E-state index contributed by atoms with van der Waals surface area (Å²) < 4.78 is 5.30. The van der Waals surface area contributed by atoms with Gasteiger partial charge in [-0.2, -0.15) is 0 Å². The Morgan fingerprint density at radius 3 is 2.24 bits per heavy atom. The van der Waals surface area contributed by atoms with Gasteiger partial charge >= 0.3 is 0 Å². The van der Waals surface area contributed by atoms with E-state index in [-0.39, 0.29) is 24.3 Å². The number of nitrogens with one attached hydrogen (secondary N) is 1. The molecule has 1 atom stereocenters. The Balaban J connectivity index is 2.28. The fourth-order valence-corrected chi connectivity index (χ4v) is 3.40. The van der Waals surface area contributed by atoms with Crippen molar-refractivity contribution in [3.05, 3.63) is 64.7 Å². The summed E-state index contributed by atoms with van der Waals surface area (Å²) in [6.07, 6.45) is 0.256. The zero-order chi connectivity index (χ0) is 21.6. The highest BCUT2D eigenvalue weighted by atomic mass is 16.5. The highest BCUT2D eigenvalue weighted by Gasteiger charge is 2.26. The third-order valence-corrected chi connectivity index (χ3v) is 4.72. The topological polar surface area (TPSA) is 58.6 Å². The van der Waals surface area contributed by atoms with Crippen LogP contribution < -0.4 is 10.1 Å². The van der Waals surface area contributed by atoms with Gasteiger partial charge in [0.25, 0.3) is 0 Å². The van der Waals surface area contributed by atoms with Gasteiger partial charge in [-0.3, -0.25) is 9.59 Å². The van der Waals surface area contributed by atoms with Crippen molar-refractivity contribution in [2.75, 3.05) is 7.11 Å². The van der Waals surface area contributed by atoms with Crippen LogP contribution in [0.25, 0.3) is 0 Å². The van der Waals surface area contributed by atoms with Crippen LogP contribution in [0.4, 0.5) is 0 Å². The number of carbonyl (C=O) groups excluding carboxylic acids is 2. The van der Waals surface area contributed by atoms with Gasteiger partial charge in [0, 0.05) is 12.6 Å². The molecular weight excluding hydrogens is 364 g/mol. The fraction of sp³-hybridized carbons (Fsp3) is 0.417. The van der Waals surface area contributed by atoms with Crippen molar-refractivity contribution < 1.29 is 14.3 Å². The van der Waals surface area contributed by atoms with Crippen LogP contribution in [-0.2, 0) is 22.6 Å². The lowest BCUT2D eigenvalue weighted by Gasteiger charge is -2.29. The first kappa shape index (κ1) is 22.5. The fourth-order valence-electron chi connectivity index (χ4n) is 3.40. The molecule has 2 amide bonds. The van der Waals surface area contributed by atoms with Crippen molar-refractivity contribution in [3.8, 4) is 5.75 Å². The lowest BCUT2D eigenvalue weighted by molar-refractivity contribution is -0.140. The van der Waals surface area contributed by atoms with Gasteiger partial charge in [-0.1, -0.05) is 41.5 Å². The first-order chi connectivity index (χ1) is 13.7. The predicted molar refractivity (Wildman–Crippen MR) is 116 cm³/mol. The lowest BCUT2D eigenvalue weighted by atomic mass is 10.0. The molecule has 0 aromatic heterocycles. The zero-order valence-electron chi connectivity index (χ0n) is 18.3. The highest BCUT2D eigenvalue weighted by molar-refractivity contribution is 5.88. The Bertz CT molecular complexity index is 841. The molecule has 156 valence electrons. The largest absolute Gasteiger partial charge is 0.497 e.